The Bertz CT molecular complexity index is 983. The van der Waals surface area contributed by atoms with E-state index < -0.39 is 5.91 Å². The van der Waals surface area contributed by atoms with Gasteiger partial charge in [0.1, 0.15) is 0 Å². The lowest BCUT2D eigenvalue weighted by molar-refractivity contribution is 0.100. The molecule has 4 N–H and O–H groups in total. The summed E-state index contributed by atoms with van der Waals surface area (Å²) in [5.41, 5.74) is 9.88. The fourth-order valence-corrected chi connectivity index (χ4v) is 3.67. The second kappa shape index (κ2) is 6.88. The van der Waals surface area contributed by atoms with Crippen molar-refractivity contribution in [2.24, 2.45) is 11.7 Å². The Hall–Kier alpha value is -3.13. The molecule has 140 valence electrons. The number of nitrogens with zero attached hydrogens (tertiary/aromatic N) is 3. The lowest BCUT2D eigenvalue weighted by Crippen LogP contribution is -2.25. The number of nitrogens with two attached hydrogens (primary N) is 1. The van der Waals surface area contributed by atoms with Crippen LogP contribution in [0.5, 0.6) is 5.88 Å². The summed E-state index contributed by atoms with van der Waals surface area (Å²) in [7, 11) is 1.57. The number of hydrogen-bond donors (Lipinski definition) is 3. The van der Waals surface area contributed by atoms with E-state index in [1.165, 1.54) is 0 Å². The van der Waals surface area contributed by atoms with Crippen molar-refractivity contribution in [2.45, 2.75) is 6.42 Å². The molecule has 0 radical (unpaired) electrons. The van der Waals surface area contributed by atoms with E-state index in [0.29, 0.717) is 29.0 Å². The fourth-order valence-electron chi connectivity index (χ4n) is 3.67. The zero-order valence-corrected chi connectivity index (χ0v) is 15.0. The molecule has 2 aromatic heterocycles. The molecule has 0 aliphatic carbocycles. The first-order chi connectivity index (χ1) is 13.1. The maximum Gasteiger partial charge on any atom is 0.253 e. The number of imidazole rings is 1. The van der Waals surface area contributed by atoms with Crippen molar-refractivity contribution >= 4 is 22.6 Å². The lowest BCUT2D eigenvalue weighted by atomic mass is 9.99. The molecular formula is C19H21N5O3. The Balaban J connectivity index is 1.90. The number of aromatic amines is 1. The number of pyridine rings is 1. The molecule has 1 saturated heterocycles. The number of rotatable bonds is 5. The minimum Gasteiger partial charge on any atom is -0.481 e. The highest BCUT2D eigenvalue weighted by molar-refractivity contribution is 6.12. The Morgan fingerprint density at radius 3 is 2.93 bits per heavy atom. The van der Waals surface area contributed by atoms with Crippen LogP contribution < -0.4 is 15.4 Å². The number of aliphatic hydroxyl groups excluding tert-OH is 1. The molecule has 1 unspecified atom stereocenters. The van der Waals surface area contributed by atoms with E-state index in [9.17, 15) is 9.90 Å². The minimum absolute atomic E-state index is 0.129. The molecule has 0 saturated carbocycles. The van der Waals surface area contributed by atoms with E-state index in [1.54, 1.807) is 25.7 Å². The first-order valence-corrected chi connectivity index (χ1v) is 8.78. The van der Waals surface area contributed by atoms with Crippen molar-refractivity contribution < 1.29 is 14.6 Å². The molecule has 1 fully saturated rings. The van der Waals surface area contributed by atoms with E-state index in [4.69, 9.17) is 10.5 Å². The van der Waals surface area contributed by atoms with Gasteiger partial charge in [0, 0.05) is 49.0 Å². The van der Waals surface area contributed by atoms with Gasteiger partial charge in [-0.1, -0.05) is 0 Å². The van der Waals surface area contributed by atoms with Gasteiger partial charge in [-0.15, -0.1) is 0 Å². The van der Waals surface area contributed by atoms with Gasteiger partial charge in [-0.2, -0.15) is 0 Å². The van der Waals surface area contributed by atoms with Crippen LogP contribution in [0.4, 0.5) is 5.69 Å². The molecule has 0 spiro atoms. The number of benzene rings is 1. The Morgan fingerprint density at radius 2 is 2.30 bits per heavy atom. The Kier molecular flexibility index (Phi) is 4.41. The average Bonchev–Trinajstić information content (AvgIpc) is 3.36. The molecule has 3 aromatic rings. The third-order valence-corrected chi connectivity index (χ3v) is 5.07. The highest BCUT2D eigenvalue weighted by Crippen LogP contribution is 2.37. The molecule has 1 aliphatic heterocycles. The zero-order chi connectivity index (χ0) is 19.0. The van der Waals surface area contributed by atoms with Crippen LogP contribution in [0.3, 0.4) is 0 Å². The summed E-state index contributed by atoms with van der Waals surface area (Å²) in [4.78, 5) is 26.1. The number of carbonyl (C=O) groups is 1. The average molecular weight is 367 g/mol. The van der Waals surface area contributed by atoms with Crippen LogP contribution in [-0.2, 0) is 0 Å². The number of anilines is 1. The molecule has 1 amide bonds. The predicted molar refractivity (Wildman–Crippen MR) is 102 cm³/mol. The van der Waals surface area contributed by atoms with Crippen LogP contribution in [0.25, 0.3) is 22.2 Å². The van der Waals surface area contributed by atoms with Crippen molar-refractivity contribution in [1.29, 1.82) is 0 Å². The highest BCUT2D eigenvalue weighted by Gasteiger charge is 2.28. The van der Waals surface area contributed by atoms with E-state index in [0.717, 1.165) is 29.8 Å². The van der Waals surface area contributed by atoms with E-state index in [2.05, 4.69) is 19.9 Å². The molecule has 8 heteroatoms. The van der Waals surface area contributed by atoms with E-state index >= 15 is 0 Å². The first-order valence-electron chi connectivity index (χ1n) is 8.78. The third kappa shape index (κ3) is 2.97. The second-order valence-corrected chi connectivity index (χ2v) is 6.68. The summed E-state index contributed by atoms with van der Waals surface area (Å²) in [5.74, 6) is 0.205. The number of aliphatic hydroxyl groups is 1. The second-order valence-electron chi connectivity index (χ2n) is 6.68. The van der Waals surface area contributed by atoms with Crippen LogP contribution in [0, 0.1) is 5.92 Å². The van der Waals surface area contributed by atoms with Gasteiger partial charge in [0.15, 0.2) is 0 Å². The van der Waals surface area contributed by atoms with Crippen LogP contribution in [0.1, 0.15) is 16.8 Å². The van der Waals surface area contributed by atoms with Gasteiger partial charge in [0.25, 0.3) is 5.91 Å². The van der Waals surface area contributed by atoms with Crippen LogP contribution in [0.15, 0.2) is 30.7 Å². The summed E-state index contributed by atoms with van der Waals surface area (Å²) in [6.07, 6.45) is 4.15. The molecule has 1 aliphatic rings. The lowest BCUT2D eigenvalue weighted by Gasteiger charge is -2.22. The van der Waals surface area contributed by atoms with Crippen LogP contribution >= 0.6 is 0 Å². The van der Waals surface area contributed by atoms with Crippen molar-refractivity contribution in [1.82, 2.24) is 15.0 Å². The summed E-state index contributed by atoms with van der Waals surface area (Å²) < 4.78 is 5.13. The van der Waals surface area contributed by atoms with Crippen molar-refractivity contribution in [3.05, 3.63) is 36.3 Å². The molecule has 27 heavy (non-hydrogen) atoms. The number of aromatic nitrogens is 3. The van der Waals surface area contributed by atoms with E-state index in [1.807, 2.05) is 12.1 Å². The number of fused-ring (bicyclic) bond motifs is 1. The van der Waals surface area contributed by atoms with Crippen molar-refractivity contribution in [3.8, 4) is 17.0 Å². The smallest absolute Gasteiger partial charge is 0.253 e. The van der Waals surface area contributed by atoms with Gasteiger partial charge >= 0.3 is 0 Å². The van der Waals surface area contributed by atoms with E-state index in [-0.39, 0.29) is 12.5 Å². The molecule has 1 atom stereocenters. The topological polar surface area (TPSA) is 117 Å². The summed E-state index contributed by atoms with van der Waals surface area (Å²) in [6, 6.07) is 5.63. The predicted octanol–water partition coefficient (Wildman–Crippen LogP) is 1.55. The molecule has 8 nitrogen and oxygen atoms in total. The van der Waals surface area contributed by atoms with Gasteiger partial charge in [0.2, 0.25) is 5.88 Å². The van der Waals surface area contributed by atoms with Gasteiger partial charge in [-0.3, -0.25) is 4.79 Å². The zero-order valence-electron chi connectivity index (χ0n) is 15.0. The number of methoxy groups -OCH3 is 1. The van der Waals surface area contributed by atoms with Crippen LogP contribution in [-0.4, -0.2) is 52.8 Å². The maximum atomic E-state index is 12.2. The SMILES string of the molecule is COc1ccc(-c2cc(N3CCC(CO)C3)c(C(N)=O)c3[nH]cnc23)cn1. The fraction of sp³-hybridized carbons (Fsp3) is 0.316. The quantitative estimate of drug-likeness (QED) is 0.630. The monoisotopic (exact) mass is 367 g/mol. The molecule has 3 heterocycles. The maximum absolute atomic E-state index is 12.2. The molecule has 1 aromatic carbocycles. The Morgan fingerprint density at radius 1 is 1.44 bits per heavy atom. The van der Waals surface area contributed by atoms with Gasteiger partial charge < -0.3 is 25.5 Å². The number of nitrogens with one attached hydrogen (secondary N) is 1. The molecule has 0 bridgehead atoms. The number of hydrogen-bond acceptors (Lipinski definition) is 6. The standard InChI is InChI=1S/C19H21N5O3/c1-27-15-3-2-12(7-21-15)13-6-14(24-5-4-11(8-24)9-25)16(19(20)26)18-17(13)22-10-23-18/h2-3,6-7,10-11,25H,4-5,8-9H2,1H3,(H2,20,26)(H,22,23). The highest BCUT2D eigenvalue weighted by atomic mass is 16.5. The number of amides is 1. The Labute approximate surface area is 156 Å². The summed E-state index contributed by atoms with van der Waals surface area (Å²) >= 11 is 0. The van der Waals surface area contributed by atoms with Crippen molar-refractivity contribution in [3.63, 3.8) is 0 Å². The summed E-state index contributed by atoms with van der Waals surface area (Å²) in [5, 5.41) is 9.48. The number of H-pyrrole nitrogens is 1. The first kappa shape index (κ1) is 17.3. The third-order valence-electron chi connectivity index (χ3n) is 5.07. The largest absolute Gasteiger partial charge is 0.481 e. The number of ether oxygens (including phenoxy) is 1. The van der Waals surface area contributed by atoms with Gasteiger partial charge in [-0.25, -0.2) is 9.97 Å². The minimum atomic E-state index is -0.508. The summed E-state index contributed by atoms with van der Waals surface area (Å²) in [6.45, 7) is 1.56. The number of carbonyl (C=O) groups excluding carboxylic acids is 1. The van der Waals surface area contributed by atoms with Gasteiger partial charge in [-0.05, 0) is 18.6 Å². The molecular weight excluding hydrogens is 346 g/mol. The van der Waals surface area contributed by atoms with Crippen molar-refractivity contribution in [2.75, 3.05) is 31.7 Å². The molecule has 4 rings (SSSR count). The van der Waals surface area contributed by atoms with Crippen LogP contribution in [0.2, 0.25) is 0 Å². The van der Waals surface area contributed by atoms with Gasteiger partial charge in [0.05, 0.1) is 35.7 Å². The number of primary amides is 1. The normalized spacial score (nSPS) is 16.8.